The van der Waals surface area contributed by atoms with Crippen LogP contribution in [0.4, 0.5) is 0 Å². The highest BCUT2D eigenvalue weighted by Crippen LogP contribution is 1.78. The second-order valence-electron chi connectivity index (χ2n) is 4.19. The van der Waals surface area contributed by atoms with Crippen molar-refractivity contribution in [2.45, 2.75) is 53.9 Å². The Kier molecular flexibility index (Phi) is 39.2. The van der Waals surface area contributed by atoms with E-state index in [1.807, 2.05) is 13.8 Å². The number of thiol groups is 1. The zero-order valence-corrected chi connectivity index (χ0v) is 18.3. The Morgan fingerprint density at radius 1 is 0.929 bits per heavy atom. The SMILES string of the molecule is CCC(=O)O.CCC(C)=O.CCC(C)=O.O=COCS.O=COCS(=O)(=O)[O-]. The molecule has 0 rings (SSSR count). The molecule has 0 fully saturated rings. The first kappa shape index (κ1) is 36.9. The van der Waals surface area contributed by atoms with Gasteiger partial charge in [0.2, 0.25) is 0 Å². The molecule has 0 heterocycles. The summed E-state index contributed by atoms with van der Waals surface area (Å²) < 4.78 is 36.3. The molecular formula is C15H29O11S2-. The van der Waals surface area contributed by atoms with Gasteiger partial charge in [-0.05, 0) is 13.8 Å². The first-order chi connectivity index (χ1) is 12.8. The van der Waals surface area contributed by atoms with E-state index >= 15 is 0 Å². The summed E-state index contributed by atoms with van der Waals surface area (Å²) in [6.07, 6.45) is 1.56. The van der Waals surface area contributed by atoms with Gasteiger partial charge in [0.25, 0.3) is 12.9 Å². The molecule has 0 saturated heterocycles. The monoisotopic (exact) mass is 449 g/mol. The van der Waals surface area contributed by atoms with Crippen LogP contribution in [-0.4, -0.2) is 60.4 Å². The normalized spacial score (nSPS) is 8.25. The number of Topliss-reactive ketones (excluding diaryl/α,β-unsaturated/α-hetero) is 2. The van der Waals surface area contributed by atoms with Crippen LogP contribution in [0, 0.1) is 0 Å². The van der Waals surface area contributed by atoms with Crippen LogP contribution in [0.5, 0.6) is 0 Å². The lowest BCUT2D eigenvalue weighted by atomic mass is 10.4. The Balaban J connectivity index is -0.0000000802. The van der Waals surface area contributed by atoms with E-state index in [1.54, 1.807) is 20.8 Å². The highest BCUT2D eigenvalue weighted by Gasteiger charge is 1.90. The van der Waals surface area contributed by atoms with Gasteiger partial charge in [0.1, 0.15) is 27.6 Å². The average Bonchev–Trinajstić information content (AvgIpc) is 2.62. The van der Waals surface area contributed by atoms with E-state index in [1.165, 1.54) is 0 Å². The molecule has 0 amide bonds. The number of carboxylic acids is 1. The number of rotatable bonds is 8. The summed E-state index contributed by atoms with van der Waals surface area (Å²) in [5.74, 6) is -1.15. The zero-order valence-electron chi connectivity index (χ0n) is 16.6. The maximum Gasteiger partial charge on any atom is 0.303 e. The van der Waals surface area contributed by atoms with Crippen LogP contribution in [0.1, 0.15) is 53.9 Å². The molecule has 0 bridgehead atoms. The molecule has 0 aromatic rings. The lowest BCUT2D eigenvalue weighted by Gasteiger charge is -2.01. The van der Waals surface area contributed by atoms with Crippen LogP contribution >= 0.6 is 12.6 Å². The molecule has 11 nitrogen and oxygen atoms in total. The summed E-state index contributed by atoms with van der Waals surface area (Å²) in [5, 5.41) is 7.72. The van der Waals surface area contributed by atoms with Crippen molar-refractivity contribution in [3.8, 4) is 0 Å². The standard InChI is InChI=1S/2C4H8O.C3H6O2.C2H4O5S.C2H4O2S/c2*1-3-4(2)5;1-2-3(4)5;3-1-7-2-8(4,5)6;3-1-4-2-5/h2*3H2,1-2H3;2H2,1H3,(H,4,5);1H,2H2,(H,4,5,6);1,5H,2H2/p-1. The van der Waals surface area contributed by atoms with Gasteiger partial charge in [-0.2, -0.15) is 0 Å². The number of aliphatic carboxylic acids is 1. The van der Waals surface area contributed by atoms with E-state index in [0.29, 0.717) is 19.3 Å². The van der Waals surface area contributed by atoms with E-state index < -0.39 is 22.0 Å². The predicted molar refractivity (Wildman–Crippen MR) is 103 cm³/mol. The molecule has 0 radical (unpaired) electrons. The highest BCUT2D eigenvalue weighted by atomic mass is 32.2. The van der Waals surface area contributed by atoms with Crippen LogP contribution in [0.3, 0.4) is 0 Å². The Bertz CT molecular complexity index is 469. The first-order valence-corrected chi connectivity index (χ1v) is 9.85. The quantitative estimate of drug-likeness (QED) is 0.235. The van der Waals surface area contributed by atoms with Crippen molar-refractivity contribution >= 4 is 53.2 Å². The predicted octanol–water partition coefficient (Wildman–Crippen LogP) is 1.16. The Morgan fingerprint density at radius 3 is 1.25 bits per heavy atom. The van der Waals surface area contributed by atoms with Gasteiger partial charge in [0.05, 0.1) is 0 Å². The molecule has 0 saturated carbocycles. The summed E-state index contributed by atoms with van der Waals surface area (Å²) in [6, 6.07) is 0. The summed E-state index contributed by atoms with van der Waals surface area (Å²) >= 11 is 3.55. The van der Waals surface area contributed by atoms with E-state index in [-0.39, 0.29) is 30.4 Å². The zero-order chi connectivity index (χ0) is 23.6. The molecule has 1 N–H and O–H groups in total. The maximum atomic E-state index is 9.81. The van der Waals surface area contributed by atoms with Gasteiger partial charge in [-0.3, -0.25) is 14.4 Å². The van der Waals surface area contributed by atoms with Crippen molar-refractivity contribution in [3.05, 3.63) is 0 Å². The van der Waals surface area contributed by atoms with Gasteiger partial charge >= 0.3 is 5.97 Å². The third kappa shape index (κ3) is 105. The van der Waals surface area contributed by atoms with E-state index in [2.05, 4.69) is 22.1 Å². The highest BCUT2D eigenvalue weighted by molar-refractivity contribution is 7.85. The minimum absolute atomic E-state index is 0.102. The summed E-state index contributed by atoms with van der Waals surface area (Å²) in [4.78, 5) is 47.4. The molecule has 168 valence electrons. The van der Waals surface area contributed by atoms with Gasteiger partial charge < -0.3 is 28.7 Å². The summed E-state index contributed by atoms with van der Waals surface area (Å²) in [5.41, 5.74) is 0. The van der Waals surface area contributed by atoms with Crippen LogP contribution in [0.2, 0.25) is 0 Å². The van der Waals surface area contributed by atoms with Gasteiger partial charge in [-0.25, -0.2) is 8.42 Å². The molecule has 13 heteroatoms. The molecule has 0 aliphatic rings. The average molecular weight is 450 g/mol. The summed E-state index contributed by atoms with van der Waals surface area (Å²) in [7, 11) is -4.39. The van der Waals surface area contributed by atoms with Gasteiger partial charge in [-0.15, -0.1) is 12.6 Å². The van der Waals surface area contributed by atoms with Crippen molar-refractivity contribution in [1.29, 1.82) is 0 Å². The number of carbonyl (C=O) groups is 5. The molecule has 0 unspecified atom stereocenters. The van der Waals surface area contributed by atoms with Crippen molar-refractivity contribution in [2.75, 3.05) is 11.9 Å². The van der Waals surface area contributed by atoms with Crippen LogP contribution < -0.4 is 0 Å². The number of hydrogen-bond acceptors (Lipinski definition) is 11. The molecule has 0 atom stereocenters. The largest absolute Gasteiger partial charge is 0.745 e. The number of hydrogen-bond donors (Lipinski definition) is 2. The number of ether oxygens (including phenoxy) is 2. The molecular weight excluding hydrogens is 420 g/mol. The Hall–Kier alpha value is -1.99. The molecule has 28 heavy (non-hydrogen) atoms. The van der Waals surface area contributed by atoms with Gasteiger partial charge in [0, 0.05) is 19.3 Å². The Morgan fingerprint density at radius 2 is 1.21 bits per heavy atom. The molecule has 0 aromatic carbocycles. The lowest BCUT2D eigenvalue weighted by Crippen LogP contribution is -2.06. The maximum absolute atomic E-state index is 9.81. The van der Waals surface area contributed by atoms with Gasteiger partial charge in [0.15, 0.2) is 5.94 Å². The topological polar surface area (TPSA) is 181 Å². The van der Waals surface area contributed by atoms with E-state index in [9.17, 15) is 32.1 Å². The minimum atomic E-state index is -4.39. The third-order valence-corrected chi connectivity index (χ3v) is 2.30. The second kappa shape index (κ2) is 29.8. The fraction of sp³-hybridized carbons (Fsp3) is 0.667. The van der Waals surface area contributed by atoms with Crippen molar-refractivity contribution in [2.24, 2.45) is 0 Å². The van der Waals surface area contributed by atoms with Crippen LogP contribution in [0.15, 0.2) is 0 Å². The van der Waals surface area contributed by atoms with Crippen LogP contribution in [-0.2, 0) is 43.6 Å². The molecule has 0 aliphatic heterocycles. The fourth-order valence-corrected chi connectivity index (χ4v) is 0.425. The minimum Gasteiger partial charge on any atom is -0.745 e. The second-order valence-corrected chi connectivity index (χ2v) is 5.80. The van der Waals surface area contributed by atoms with E-state index in [4.69, 9.17) is 9.90 Å². The lowest BCUT2D eigenvalue weighted by molar-refractivity contribution is -0.136. The summed E-state index contributed by atoms with van der Waals surface area (Å²) in [6.45, 7) is 8.72. The molecule has 0 aliphatic carbocycles. The first-order valence-electron chi connectivity index (χ1n) is 7.64. The number of carboxylic acid groups (broad SMARTS) is 1. The number of carbonyl (C=O) groups excluding carboxylic acids is 4. The number of ketones is 2. The third-order valence-electron chi connectivity index (χ3n) is 1.72. The van der Waals surface area contributed by atoms with Crippen molar-refractivity contribution < 1.29 is 51.5 Å². The van der Waals surface area contributed by atoms with Gasteiger partial charge in [-0.1, -0.05) is 20.8 Å². The van der Waals surface area contributed by atoms with E-state index in [0.717, 1.165) is 0 Å². The van der Waals surface area contributed by atoms with Crippen molar-refractivity contribution in [3.63, 3.8) is 0 Å². The molecule has 0 spiro atoms. The Labute approximate surface area is 170 Å². The van der Waals surface area contributed by atoms with Crippen molar-refractivity contribution in [1.82, 2.24) is 0 Å². The fourth-order valence-electron chi connectivity index (χ4n) is 0.142. The molecule has 0 aromatic heterocycles. The van der Waals surface area contributed by atoms with Crippen LogP contribution in [0.25, 0.3) is 0 Å². The smallest absolute Gasteiger partial charge is 0.303 e.